The van der Waals surface area contributed by atoms with Gasteiger partial charge >= 0.3 is 6.18 Å². The molecule has 2 nitrogen and oxygen atoms in total. The monoisotopic (exact) mass is 259 g/mol. The van der Waals surface area contributed by atoms with Crippen LogP contribution in [0.25, 0.3) is 0 Å². The Morgan fingerprint density at radius 3 is 2.67 bits per heavy atom. The number of benzene rings is 1. The standard InChI is InChI=1S/C13H16F3NO/c14-13(15,16)10-5-3-4-9(8-10)12(18)11-6-1-2-7-17-11/h3-5,8,11-12,17-18H,1-2,6-7H2. The van der Waals surface area contributed by atoms with Gasteiger partial charge in [-0.1, -0.05) is 18.6 Å². The van der Waals surface area contributed by atoms with E-state index in [9.17, 15) is 18.3 Å². The summed E-state index contributed by atoms with van der Waals surface area (Å²) in [5.41, 5.74) is -0.390. The molecule has 0 radical (unpaired) electrons. The normalized spacial score (nSPS) is 22.8. The van der Waals surface area contributed by atoms with E-state index in [2.05, 4.69) is 5.32 Å². The second-order valence-electron chi connectivity index (χ2n) is 4.62. The molecule has 1 fully saturated rings. The number of alkyl halides is 3. The molecule has 2 N–H and O–H groups in total. The first-order chi connectivity index (χ1) is 8.48. The van der Waals surface area contributed by atoms with Gasteiger partial charge in [-0.15, -0.1) is 0 Å². The maximum atomic E-state index is 12.6. The number of halogens is 3. The Labute approximate surface area is 104 Å². The molecule has 18 heavy (non-hydrogen) atoms. The zero-order valence-electron chi connectivity index (χ0n) is 9.87. The molecule has 0 amide bonds. The molecule has 0 aromatic heterocycles. The van der Waals surface area contributed by atoms with Gasteiger partial charge in [-0.05, 0) is 37.1 Å². The highest BCUT2D eigenvalue weighted by Gasteiger charge is 2.31. The second-order valence-corrected chi connectivity index (χ2v) is 4.62. The van der Waals surface area contributed by atoms with Crippen LogP contribution in [-0.4, -0.2) is 17.7 Å². The van der Waals surface area contributed by atoms with Crippen molar-refractivity contribution in [2.45, 2.75) is 37.6 Å². The topological polar surface area (TPSA) is 32.3 Å². The summed E-state index contributed by atoms with van der Waals surface area (Å²) in [6.45, 7) is 0.806. The van der Waals surface area contributed by atoms with E-state index in [4.69, 9.17) is 0 Å². The van der Waals surface area contributed by atoms with Crippen LogP contribution in [0.15, 0.2) is 24.3 Å². The lowest BCUT2D eigenvalue weighted by molar-refractivity contribution is -0.137. The molecule has 0 bridgehead atoms. The van der Waals surface area contributed by atoms with Crippen LogP contribution in [0, 0.1) is 0 Å². The first-order valence-corrected chi connectivity index (χ1v) is 6.07. The molecular formula is C13H16F3NO. The lowest BCUT2D eigenvalue weighted by Crippen LogP contribution is -2.38. The molecule has 0 spiro atoms. The predicted molar refractivity (Wildman–Crippen MR) is 62.0 cm³/mol. The van der Waals surface area contributed by atoms with Crippen molar-refractivity contribution in [2.75, 3.05) is 6.54 Å². The van der Waals surface area contributed by atoms with Gasteiger partial charge in [0.2, 0.25) is 0 Å². The number of hydrogen-bond donors (Lipinski definition) is 2. The number of nitrogens with one attached hydrogen (secondary N) is 1. The Morgan fingerprint density at radius 1 is 1.28 bits per heavy atom. The second kappa shape index (κ2) is 5.28. The molecule has 1 aliphatic rings. The molecule has 1 aliphatic heterocycles. The van der Waals surface area contributed by atoms with E-state index >= 15 is 0 Å². The molecule has 1 heterocycles. The Kier molecular flexibility index (Phi) is 3.92. The lowest BCUT2D eigenvalue weighted by Gasteiger charge is -2.28. The van der Waals surface area contributed by atoms with Gasteiger partial charge in [0.1, 0.15) is 0 Å². The van der Waals surface area contributed by atoms with E-state index in [1.165, 1.54) is 12.1 Å². The van der Waals surface area contributed by atoms with Gasteiger partial charge in [-0.25, -0.2) is 0 Å². The van der Waals surface area contributed by atoms with Crippen molar-refractivity contribution in [3.8, 4) is 0 Å². The van der Waals surface area contributed by atoms with E-state index in [1.807, 2.05) is 0 Å². The van der Waals surface area contributed by atoms with Crippen molar-refractivity contribution in [2.24, 2.45) is 0 Å². The summed E-state index contributed by atoms with van der Waals surface area (Å²) in [5, 5.41) is 13.2. The minimum Gasteiger partial charge on any atom is -0.387 e. The molecule has 5 heteroatoms. The Morgan fingerprint density at radius 2 is 2.06 bits per heavy atom. The smallest absolute Gasteiger partial charge is 0.387 e. The summed E-state index contributed by atoms with van der Waals surface area (Å²) in [4.78, 5) is 0. The molecular weight excluding hydrogens is 243 g/mol. The zero-order valence-corrected chi connectivity index (χ0v) is 9.87. The third-order valence-electron chi connectivity index (χ3n) is 3.29. The van der Waals surface area contributed by atoms with Crippen molar-refractivity contribution in [3.63, 3.8) is 0 Å². The van der Waals surface area contributed by atoms with Crippen LogP contribution in [-0.2, 0) is 6.18 Å². The summed E-state index contributed by atoms with van der Waals surface area (Å²) in [7, 11) is 0. The third-order valence-corrected chi connectivity index (χ3v) is 3.29. The first kappa shape index (κ1) is 13.4. The fraction of sp³-hybridized carbons (Fsp3) is 0.538. The van der Waals surface area contributed by atoms with Crippen molar-refractivity contribution in [3.05, 3.63) is 35.4 Å². The molecule has 2 unspecified atom stereocenters. The first-order valence-electron chi connectivity index (χ1n) is 6.07. The Bertz CT molecular complexity index is 399. The summed E-state index contributed by atoms with van der Waals surface area (Å²) in [5.74, 6) is 0. The third kappa shape index (κ3) is 3.03. The number of aliphatic hydroxyl groups excluding tert-OH is 1. The highest BCUT2D eigenvalue weighted by molar-refractivity contribution is 5.28. The maximum absolute atomic E-state index is 12.6. The maximum Gasteiger partial charge on any atom is 0.416 e. The van der Waals surface area contributed by atoms with Gasteiger partial charge in [0, 0.05) is 6.04 Å². The van der Waals surface area contributed by atoms with Crippen LogP contribution >= 0.6 is 0 Å². The zero-order chi connectivity index (χ0) is 13.2. The number of hydrogen-bond acceptors (Lipinski definition) is 2. The highest BCUT2D eigenvalue weighted by atomic mass is 19.4. The van der Waals surface area contributed by atoms with E-state index in [-0.39, 0.29) is 6.04 Å². The van der Waals surface area contributed by atoms with Gasteiger partial charge < -0.3 is 10.4 Å². The number of aliphatic hydroxyl groups is 1. The largest absolute Gasteiger partial charge is 0.416 e. The summed E-state index contributed by atoms with van der Waals surface area (Å²) in [6, 6.07) is 4.77. The summed E-state index contributed by atoms with van der Waals surface area (Å²) < 4.78 is 37.7. The molecule has 0 aliphatic carbocycles. The Hall–Kier alpha value is -1.07. The molecule has 1 saturated heterocycles. The number of piperidine rings is 1. The van der Waals surface area contributed by atoms with Crippen LogP contribution < -0.4 is 5.32 Å². The average Bonchev–Trinajstić information content (AvgIpc) is 2.38. The van der Waals surface area contributed by atoms with Gasteiger partial charge in [-0.3, -0.25) is 0 Å². The molecule has 0 saturated carbocycles. The SMILES string of the molecule is OC(c1cccc(C(F)(F)F)c1)C1CCCCN1. The van der Waals surface area contributed by atoms with Gasteiger partial charge in [0.25, 0.3) is 0 Å². The minimum atomic E-state index is -4.37. The van der Waals surface area contributed by atoms with Crippen molar-refractivity contribution < 1.29 is 18.3 Å². The molecule has 1 aromatic carbocycles. The van der Waals surface area contributed by atoms with Crippen molar-refractivity contribution >= 4 is 0 Å². The van der Waals surface area contributed by atoms with Crippen LogP contribution in [0.4, 0.5) is 13.2 Å². The molecule has 100 valence electrons. The average molecular weight is 259 g/mol. The van der Waals surface area contributed by atoms with Crippen molar-refractivity contribution in [1.82, 2.24) is 5.32 Å². The van der Waals surface area contributed by atoms with Gasteiger partial charge in [0.15, 0.2) is 0 Å². The predicted octanol–water partition coefficient (Wildman–Crippen LogP) is 2.88. The lowest BCUT2D eigenvalue weighted by atomic mass is 9.94. The van der Waals surface area contributed by atoms with Gasteiger partial charge in [0.05, 0.1) is 11.7 Å². The van der Waals surface area contributed by atoms with E-state index < -0.39 is 17.8 Å². The number of rotatable bonds is 2. The molecule has 2 atom stereocenters. The van der Waals surface area contributed by atoms with Crippen LogP contribution in [0.5, 0.6) is 0 Å². The van der Waals surface area contributed by atoms with Crippen LogP contribution in [0.3, 0.4) is 0 Å². The summed E-state index contributed by atoms with van der Waals surface area (Å²) >= 11 is 0. The van der Waals surface area contributed by atoms with Gasteiger partial charge in [-0.2, -0.15) is 13.2 Å². The van der Waals surface area contributed by atoms with E-state index in [0.717, 1.165) is 37.9 Å². The summed E-state index contributed by atoms with van der Waals surface area (Å²) in [6.07, 6.45) is -2.42. The quantitative estimate of drug-likeness (QED) is 0.856. The molecule has 2 rings (SSSR count). The van der Waals surface area contributed by atoms with Crippen LogP contribution in [0.2, 0.25) is 0 Å². The van der Waals surface area contributed by atoms with Crippen molar-refractivity contribution in [1.29, 1.82) is 0 Å². The molecule has 1 aromatic rings. The fourth-order valence-corrected chi connectivity index (χ4v) is 2.28. The minimum absolute atomic E-state index is 0.151. The highest BCUT2D eigenvalue weighted by Crippen LogP contribution is 2.32. The Balaban J connectivity index is 2.17. The fourth-order valence-electron chi connectivity index (χ4n) is 2.28. The van der Waals surface area contributed by atoms with Crippen LogP contribution in [0.1, 0.15) is 36.5 Å². The van der Waals surface area contributed by atoms with E-state index in [1.54, 1.807) is 0 Å². The van der Waals surface area contributed by atoms with E-state index in [0.29, 0.717) is 5.56 Å².